The van der Waals surface area contributed by atoms with Gasteiger partial charge in [-0.3, -0.25) is 9.78 Å². The Hall–Kier alpha value is -2.83. The van der Waals surface area contributed by atoms with Crippen LogP contribution in [0.25, 0.3) is 10.9 Å². The maximum atomic E-state index is 12.9. The van der Waals surface area contributed by atoms with E-state index >= 15 is 0 Å². The van der Waals surface area contributed by atoms with Crippen LogP contribution in [0.3, 0.4) is 0 Å². The molecule has 0 fully saturated rings. The SMILES string of the molecule is O=C(c1ccnc2ccccc12)N(Cc1ccco1)CC(F)(F)F. The van der Waals surface area contributed by atoms with Gasteiger partial charge >= 0.3 is 6.18 Å². The fourth-order valence-corrected chi connectivity index (χ4v) is 2.46. The summed E-state index contributed by atoms with van der Waals surface area (Å²) in [4.78, 5) is 17.6. The summed E-state index contributed by atoms with van der Waals surface area (Å²) in [6, 6.07) is 11.3. The van der Waals surface area contributed by atoms with Gasteiger partial charge in [-0.2, -0.15) is 13.2 Å². The standard InChI is InChI=1S/C17H13F3N2O2/c18-17(19,20)11-22(10-12-4-3-9-24-12)16(23)14-7-8-21-15-6-2-1-5-13(14)15/h1-9H,10-11H2. The first-order valence-electron chi connectivity index (χ1n) is 7.16. The minimum absolute atomic E-state index is 0.177. The van der Waals surface area contributed by atoms with Crippen LogP contribution in [0.5, 0.6) is 0 Å². The van der Waals surface area contributed by atoms with E-state index in [0.29, 0.717) is 10.9 Å². The van der Waals surface area contributed by atoms with Crippen molar-refractivity contribution in [2.75, 3.05) is 6.54 Å². The number of benzene rings is 1. The summed E-state index contributed by atoms with van der Waals surface area (Å²) in [5.74, 6) is -0.437. The van der Waals surface area contributed by atoms with Gasteiger partial charge < -0.3 is 9.32 Å². The lowest BCUT2D eigenvalue weighted by molar-refractivity contribution is -0.142. The monoisotopic (exact) mass is 334 g/mol. The number of nitrogens with zero attached hydrogens (tertiary/aromatic N) is 2. The Kier molecular flexibility index (Phi) is 4.24. The topological polar surface area (TPSA) is 46.3 Å². The van der Waals surface area contributed by atoms with Crippen LogP contribution in [0.4, 0.5) is 13.2 Å². The Labute approximate surface area is 135 Å². The lowest BCUT2D eigenvalue weighted by Crippen LogP contribution is -2.38. The second-order valence-electron chi connectivity index (χ2n) is 5.23. The highest BCUT2D eigenvalue weighted by Gasteiger charge is 2.34. The number of hydrogen-bond acceptors (Lipinski definition) is 3. The minimum Gasteiger partial charge on any atom is -0.467 e. The molecule has 1 amide bonds. The number of amides is 1. The first kappa shape index (κ1) is 16.0. The summed E-state index contributed by atoms with van der Waals surface area (Å²) in [5.41, 5.74) is 0.727. The first-order valence-corrected chi connectivity index (χ1v) is 7.16. The van der Waals surface area contributed by atoms with Crippen molar-refractivity contribution in [3.63, 3.8) is 0 Å². The van der Waals surface area contributed by atoms with Crippen molar-refractivity contribution in [2.24, 2.45) is 0 Å². The van der Waals surface area contributed by atoms with E-state index in [1.54, 1.807) is 30.3 Å². The van der Waals surface area contributed by atoms with Crippen LogP contribution in [0.15, 0.2) is 59.3 Å². The third kappa shape index (κ3) is 3.56. The average molecular weight is 334 g/mol. The van der Waals surface area contributed by atoms with Crippen molar-refractivity contribution in [1.29, 1.82) is 0 Å². The van der Waals surface area contributed by atoms with Crippen molar-refractivity contribution in [2.45, 2.75) is 12.7 Å². The van der Waals surface area contributed by atoms with Crippen LogP contribution in [-0.2, 0) is 6.54 Å². The fraction of sp³-hybridized carbons (Fsp3) is 0.176. The van der Waals surface area contributed by atoms with E-state index in [-0.39, 0.29) is 17.9 Å². The lowest BCUT2D eigenvalue weighted by Gasteiger charge is -2.23. The summed E-state index contributed by atoms with van der Waals surface area (Å²) in [6.07, 6.45) is -1.74. The van der Waals surface area contributed by atoms with Gasteiger partial charge in [0.25, 0.3) is 5.91 Å². The molecule has 0 spiro atoms. The van der Waals surface area contributed by atoms with E-state index in [1.807, 2.05) is 0 Å². The van der Waals surface area contributed by atoms with Gasteiger partial charge in [0, 0.05) is 11.6 Å². The third-order valence-corrected chi connectivity index (χ3v) is 3.46. The van der Waals surface area contributed by atoms with E-state index in [4.69, 9.17) is 4.42 Å². The molecule has 2 aromatic heterocycles. The maximum absolute atomic E-state index is 12.9. The summed E-state index contributed by atoms with van der Waals surface area (Å²) >= 11 is 0. The van der Waals surface area contributed by atoms with Gasteiger partial charge in [0.2, 0.25) is 0 Å². The van der Waals surface area contributed by atoms with Crippen LogP contribution in [-0.4, -0.2) is 28.5 Å². The molecule has 0 radical (unpaired) electrons. The number of pyridine rings is 1. The molecule has 0 atom stereocenters. The molecule has 0 aliphatic carbocycles. The summed E-state index contributed by atoms with van der Waals surface area (Å²) < 4.78 is 43.7. The van der Waals surface area contributed by atoms with E-state index in [2.05, 4.69) is 4.98 Å². The highest BCUT2D eigenvalue weighted by molar-refractivity contribution is 6.05. The average Bonchev–Trinajstić information content (AvgIpc) is 3.05. The molecule has 0 saturated carbocycles. The Morgan fingerprint density at radius 3 is 2.62 bits per heavy atom. The predicted molar refractivity (Wildman–Crippen MR) is 81.2 cm³/mol. The number of carbonyl (C=O) groups is 1. The van der Waals surface area contributed by atoms with Crippen molar-refractivity contribution in [1.82, 2.24) is 9.88 Å². The number of rotatable bonds is 4. The zero-order valence-corrected chi connectivity index (χ0v) is 12.5. The fourth-order valence-electron chi connectivity index (χ4n) is 2.46. The predicted octanol–water partition coefficient (Wildman–Crippen LogP) is 4.03. The number of halogens is 3. The third-order valence-electron chi connectivity index (χ3n) is 3.46. The number of hydrogen-bond donors (Lipinski definition) is 0. The van der Waals surface area contributed by atoms with Gasteiger partial charge in [-0.05, 0) is 24.3 Å². The largest absolute Gasteiger partial charge is 0.467 e. The Balaban J connectivity index is 1.97. The van der Waals surface area contributed by atoms with E-state index in [1.165, 1.54) is 24.6 Å². The molecule has 2 heterocycles. The Bertz CT molecular complexity index is 839. The van der Waals surface area contributed by atoms with Gasteiger partial charge in [-0.25, -0.2) is 0 Å². The number of alkyl halides is 3. The molecule has 24 heavy (non-hydrogen) atoms. The van der Waals surface area contributed by atoms with Crippen LogP contribution >= 0.6 is 0 Å². The second kappa shape index (κ2) is 6.35. The lowest BCUT2D eigenvalue weighted by atomic mass is 10.1. The zero-order valence-electron chi connectivity index (χ0n) is 12.5. The molecule has 7 heteroatoms. The Morgan fingerprint density at radius 1 is 1.12 bits per heavy atom. The zero-order chi connectivity index (χ0) is 17.2. The molecule has 0 aliphatic rings. The smallest absolute Gasteiger partial charge is 0.406 e. The van der Waals surface area contributed by atoms with E-state index in [0.717, 1.165) is 4.90 Å². The van der Waals surface area contributed by atoms with Crippen molar-refractivity contribution in [3.05, 3.63) is 66.2 Å². The normalized spacial score (nSPS) is 11.6. The molecule has 124 valence electrons. The minimum atomic E-state index is -4.51. The van der Waals surface area contributed by atoms with Crippen molar-refractivity contribution in [3.8, 4) is 0 Å². The van der Waals surface area contributed by atoms with Crippen LogP contribution in [0.1, 0.15) is 16.1 Å². The highest BCUT2D eigenvalue weighted by Crippen LogP contribution is 2.23. The second-order valence-corrected chi connectivity index (χ2v) is 5.23. The summed E-state index contributed by atoms with van der Waals surface area (Å²) in [5, 5.41) is 0.511. The molecule has 0 aliphatic heterocycles. The van der Waals surface area contributed by atoms with Gasteiger partial charge in [-0.1, -0.05) is 18.2 Å². The number of furan rings is 1. The number of carbonyl (C=O) groups excluding carboxylic acids is 1. The van der Waals surface area contributed by atoms with E-state index < -0.39 is 18.6 Å². The molecule has 0 saturated heterocycles. The van der Waals surface area contributed by atoms with Crippen LogP contribution in [0.2, 0.25) is 0 Å². The van der Waals surface area contributed by atoms with Crippen molar-refractivity contribution < 1.29 is 22.4 Å². The summed E-state index contributed by atoms with van der Waals surface area (Å²) in [7, 11) is 0. The van der Waals surface area contributed by atoms with E-state index in [9.17, 15) is 18.0 Å². The molecule has 4 nitrogen and oxygen atoms in total. The van der Waals surface area contributed by atoms with Gasteiger partial charge in [0.05, 0.1) is 23.9 Å². The molecule has 0 N–H and O–H groups in total. The number of aromatic nitrogens is 1. The summed E-state index contributed by atoms with van der Waals surface area (Å²) in [6.45, 7) is -1.62. The maximum Gasteiger partial charge on any atom is 0.406 e. The number of fused-ring (bicyclic) bond motifs is 1. The first-order chi connectivity index (χ1) is 11.4. The molecule has 0 unspecified atom stereocenters. The van der Waals surface area contributed by atoms with Gasteiger partial charge in [-0.15, -0.1) is 0 Å². The molecule has 3 aromatic rings. The van der Waals surface area contributed by atoms with Gasteiger partial charge in [0.15, 0.2) is 0 Å². The van der Waals surface area contributed by atoms with Crippen molar-refractivity contribution >= 4 is 16.8 Å². The van der Waals surface area contributed by atoms with Crippen LogP contribution < -0.4 is 0 Å². The molecule has 1 aromatic carbocycles. The number of para-hydroxylation sites is 1. The molecule has 0 bridgehead atoms. The molecular formula is C17H13F3N2O2. The van der Waals surface area contributed by atoms with Crippen LogP contribution in [0, 0.1) is 0 Å². The molecule has 3 rings (SSSR count). The Morgan fingerprint density at radius 2 is 1.92 bits per heavy atom. The molecular weight excluding hydrogens is 321 g/mol. The highest BCUT2D eigenvalue weighted by atomic mass is 19.4. The van der Waals surface area contributed by atoms with Gasteiger partial charge in [0.1, 0.15) is 12.3 Å². The quantitative estimate of drug-likeness (QED) is 0.724.